The maximum Gasteiger partial charge on any atom is 0.345 e. The number of carbonyl (C=O) groups excluding carboxylic acids is 2. The molecular weight excluding hydrogens is 488 g/mol. The Labute approximate surface area is 198 Å². The van der Waals surface area contributed by atoms with E-state index in [9.17, 15) is 18.0 Å². The fourth-order valence-corrected chi connectivity index (χ4v) is 5.09. The zero-order valence-electron chi connectivity index (χ0n) is 17.0. The van der Waals surface area contributed by atoms with E-state index in [4.69, 9.17) is 21.7 Å². The van der Waals surface area contributed by atoms with E-state index in [1.807, 2.05) is 0 Å². The molecule has 0 bridgehead atoms. The number of sulfone groups is 1. The summed E-state index contributed by atoms with van der Waals surface area (Å²) in [5.74, 6) is -1.58. The van der Waals surface area contributed by atoms with E-state index < -0.39 is 21.7 Å². The van der Waals surface area contributed by atoms with Gasteiger partial charge in [-0.1, -0.05) is 42.8 Å². The van der Waals surface area contributed by atoms with Crippen LogP contribution in [0.25, 0.3) is 6.08 Å². The molecule has 33 heavy (non-hydrogen) atoms. The molecule has 9 nitrogen and oxygen atoms in total. The fourth-order valence-electron chi connectivity index (χ4n) is 2.92. The summed E-state index contributed by atoms with van der Waals surface area (Å²) in [5.41, 5.74) is 0.646. The number of nitrogens with zero attached hydrogens (tertiary/aromatic N) is 3. The molecule has 0 fully saturated rings. The number of halogens is 1. The lowest BCUT2D eigenvalue weighted by Crippen LogP contribution is -2.45. The maximum atomic E-state index is 12.5. The zero-order chi connectivity index (χ0) is 23.8. The number of carbonyl (C=O) groups is 2. The lowest BCUT2D eigenvalue weighted by atomic mass is 10.1. The highest BCUT2D eigenvalue weighted by atomic mass is 35.5. The van der Waals surface area contributed by atoms with E-state index in [0.717, 1.165) is 16.8 Å². The highest BCUT2D eigenvalue weighted by Crippen LogP contribution is 2.30. The molecular formula is C21H15ClN4O5S2. The fraction of sp³-hybridized carbons (Fsp3) is 0.0952. The molecule has 12 heteroatoms. The minimum absolute atomic E-state index is 0.0241. The second-order valence-electron chi connectivity index (χ2n) is 6.75. The first-order valence-electron chi connectivity index (χ1n) is 9.49. The Kier molecular flexibility index (Phi) is 6.19. The standard InChI is InChI=1S/C21H15ClN4O5S2/c1-2-33(29,30)21-25-32-20-24-18(27)15(17(23)26(20)21)11-12-7-9-13(10-8-12)31-19(28)14-5-3-4-6-16(14)22/h3-11,23H,2H2,1H3/b15-11-,23-17?. The number of fused-ring (bicyclic) bond motifs is 1. The summed E-state index contributed by atoms with van der Waals surface area (Å²) in [6, 6.07) is 12.7. The van der Waals surface area contributed by atoms with Gasteiger partial charge < -0.3 is 4.74 Å². The third kappa shape index (κ3) is 4.47. The van der Waals surface area contributed by atoms with Gasteiger partial charge in [0, 0.05) is 0 Å². The molecule has 1 N–H and O–H groups in total. The first kappa shape index (κ1) is 22.9. The van der Waals surface area contributed by atoms with E-state index in [2.05, 4.69) is 9.39 Å². The van der Waals surface area contributed by atoms with E-state index in [1.165, 1.54) is 25.1 Å². The number of hydrogen-bond acceptors (Lipinski definition) is 8. The lowest BCUT2D eigenvalue weighted by molar-refractivity contribution is -0.114. The van der Waals surface area contributed by atoms with Crippen LogP contribution in [0.4, 0.5) is 0 Å². The van der Waals surface area contributed by atoms with Crippen LogP contribution in [0.5, 0.6) is 5.75 Å². The van der Waals surface area contributed by atoms with E-state index in [1.54, 1.807) is 36.4 Å². The van der Waals surface area contributed by atoms with Gasteiger partial charge in [0.2, 0.25) is 20.2 Å². The first-order valence-corrected chi connectivity index (χ1v) is 12.3. The molecule has 4 rings (SSSR count). The average molecular weight is 503 g/mol. The minimum atomic E-state index is -3.72. The van der Waals surface area contributed by atoms with E-state index >= 15 is 0 Å². The quantitative estimate of drug-likeness (QED) is 0.293. The highest BCUT2D eigenvalue weighted by molar-refractivity contribution is 8.16. The predicted molar refractivity (Wildman–Crippen MR) is 127 cm³/mol. The molecule has 2 aromatic rings. The Morgan fingerprint density at radius 1 is 1.21 bits per heavy atom. The summed E-state index contributed by atoms with van der Waals surface area (Å²) >= 11 is 6.75. The van der Waals surface area contributed by atoms with E-state index in [-0.39, 0.29) is 43.8 Å². The van der Waals surface area contributed by atoms with Crippen LogP contribution in [0.2, 0.25) is 5.02 Å². The van der Waals surface area contributed by atoms with Crippen molar-refractivity contribution in [1.29, 1.82) is 5.41 Å². The highest BCUT2D eigenvalue weighted by Gasteiger charge is 2.42. The predicted octanol–water partition coefficient (Wildman–Crippen LogP) is 3.57. The number of amides is 1. The van der Waals surface area contributed by atoms with Crippen molar-refractivity contribution in [2.24, 2.45) is 9.39 Å². The Hall–Kier alpha value is -3.28. The van der Waals surface area contributed by atoms with Gasteiger partial charge in [-0.15, -0.1) is 0 Å². The van der Waals surface area contributed by atoms with Crippen molar-refractivity contribution in [3.8, 4) is 5.75 Å². The number of ether oxygens (including phenoxy) is 1. The van der Waals surface area contributed by atoms with Gasteiger partial charge in [-0.2, -0.15) is 9.39 Å². The second-order valence-corrected chi connectivity index (χ2v) is 10.1. The normalized spacial score (nSPS) is 17.0. The van der Waals surface area contributed by atoms with Crippen molar-refractivity contribution in [3.63, 3.8) is 0 Å². The van der Waals surface area contributed by atoms with Gasteiger partial charge in [-0.05, 0) is 35.9 Å². The molecule has 0 spiro atoms. The van der Waals surface area contributed by atoms with Crippen molar-refractivity contribution in [2.45, 2.75) is 6.92 Å². The molecule has 168 valence electrons. The van der Waals surface area contributed by atoms with Crippen molar-refractivity contribution < 1.29 is 22.7 Å². The SMILES string of the molecule is CCS(=O)(=O)C1=NSC2=NC(=O)/C(=C\c3ccc(OC(=O)c4ccccc4Cl)cc3)C(=N)N21. The van der Waals surface area contributed by atoms with Crippen molar-refractivity contribution in [3.05, 3.63) is 70.3 Å². The average Bonchev–Trinajstić information content (AvgIpc) is 3.23. The Balaban J connectivity index is 1.56. The summed E-state index contributed by atoms with van der Waals surface area (Å²) in [7, 11) is -3.72. The van der Waals surface area contributed by atoms with Crippen LogP contribution in [-0.4, -0.2) is 47.1 Å². The molecule has 0 aromatic heterocycles. The molecule has 0 saturated carbocycles. The van der Waals surface area contributed by atoms with Gasteiger partial charge in [0.1, 0.15) is 11.6 Å². The summed E-state index contributed by atoms with van der Waals surface area (Å²) in [5, 5.41) is 8.38. The summed E-state index contributed by atoms with van der Waals surface area (Å²) < 4.78 is 33.8. The maximum absolute atomic E-state index is 12.5. The molecule has 0 saturated heterocycles. The summed E-state index contributed by atoms with van der Waals surface area (Å²) in [4.78, 5) is 29.7. The summed E-state index contributed by atoms with van der Waals surface area (Å²) in [6.45, 7) is 1.47. The third-order valence-corrected chi connectivity index (χ3v) is 7.38. The van der Waals surface area contributed by atoms with Gasteiger partial charge >= 0.3 is 5.97 Å². The van der Waals surface area contributed by atoms with Crippen LogP contribution in [-0.2, 0) is 14.6 Å². The Bertz CT molecular complexity index is 1380. The zero-order valence-corrected chi connectivity index (χ0v) is 19.4. The number of aliphatic imine (C=N–C) groups is 1. The number of esters is 1. The van der Waals surface area contributed by atoms with Crippen molar-refractivity contribution in [1.82, 2.24) is 4.90 Å². The second kappa shape index (κ2) is 8.93. The van der Waals surface area contributed by atoms with Gasteiger partial charge in [-0.25, -0.2) is 18.1 Å². The van der Waals surface area contributed by atoms with Crippen LogP contribution < -0.4 is 4.74 Å². The van der Waals surface area contributed by atoms with Gasteiger partial charge in [-0.3, -0.25) is 10.2 Å². The van der Waals surface area contributed by atoms with Crippen molar-refractivity contribution >= 4 is 67.5 Å². The molecule has 2 aromatic carbocycles. The van der Waals surface area contributed by atoms with Crippen LogP contribution in [0, 0.1) is 5.41 Å². The van der Waals surface area contributed by atoms with E-state index in [0.29, 0.717) is 5.56 Å². The molecule has 2 heterocycles. The topological polar surface area (TPSA) is 129 Å². The smallest absolute Gasteiger partial charge is 0.345 e. The summed E-state index contributed by atoms with van der Waals surface area (Å²) in [6.07, 6.45) is 1.41. The first-order chi connectivity index (χ1) is 15.7. The molecule has 2 aliphatic heterocycles. The molecule has 2 aliphatic rings. The molecule has 0 atom stereocenters. The number of rotatable bonds is 4. The van der Waals surface area contributed by atoms with Gasteiger partial charge in [0.15, 0.2) is 0 Å². The largest absolute Gasteiger partial charge is 0.423 e. The monoisotopic (exact) mass is 502 g/mol. The van der Waals surface area contributed by atoms with Crippen LogP contribution >= 0.6 is 23.5 Å². The number of hydrogen-bond donors (Lipinski definition) is 1. The molecule has 1 amide bonds. The Morgan fingerprint density at radius 3 is 2.58 bits per heavy atom. The molecule has 0 radical (unpaired) electrons. The van der Waals surface area contributed by atoms with Gasteiger partial charge in [0.05, 0.1) is 33.9 Å². The number of amidine groups is 3. The Morgan fingerprint density at radius 2 is 1.91 bits per heavy atom. The number of benzene rings is 2. The lowest BCUT2D eigenvalue weighted by Gasteiger charge is -2.24. The number of nitrogens with one attached hydrogen (secondary N) is 1. The minimum Gasteiger partial charge on any atom is -0.423 e. The molecule has 0 aliphatic carbocycles. The van der Waals surface area contributed by atoms with Crippen LogP contribution in [0.3, 0.4) is 0 Å². The molecule has 0 unspecified atom stereocenters. The van der Waals surface area contributed by atoms with Crippen molar-refractivity contribution in [2.75, 3.05) is 5.75 Å². The van der Waals surface area contributed by atoms with Crippen LogP contribution in [0.1, 0.15) is 22.8 Å². The third-order valence-electron chi connectivity index (χ3n) is 4.65. The van der Waals surface area contributed by atoms with Crippen LogP contribution in [0.15, 0.2) is 63.5 Å². The van der Waals surface area contributed by atoms with Gasteiger partial charge in [0.25, 0.3) is 5.91 Å².